The molecular formula is C15H15NO4. The number of carbonyl (C=O) groups excluding carboxylic acids is 3. The van der Waals surface area contributed by atoms with E-state index in [1.807, 2.05) is 32.0 Å². The molecule has 1 aliphatic heterocycles. The van der Waals surface area contributed by atoms with Gasteiger partial charge in [-0.1, -0.05) is 29.3 Å². The fraction of sp³-hybridized carbons (Fsp3) is 0.267. The largest absolute Gasteiger partial charge is 0.461 e. The lowest BCUT2D eigenvalue weighted by molar-refractivity contribution is -0.144. The highest BCUT2D eigenvalue weighted by molar-refractivity contribution is 6.17. The Morgan fingerprint density at radius 3 is 2.35 bits per heavy atom. The van der Waals surface area contributed by atoms with Gasteiger partial charge in [0.1, 0.15) is 6.61 Å². The van der Waals surface area contributed by atoms with Gasteiger partial charge in [-0.05, 0) is 19.4 Å². The van der Waals surface area contributed by atoms with Gasteiger partial charge >= 0.3 is 5.97 Å². The lowest BCUT2D eigenvalue weighted by Crippen LogP contribution is -2.23. The minimum Gasteiger partial charge on any atom is -0.461 e. The van der Waals surface area contributed by atoms with Crippen LogP contribution in [0.25, 0.3) is 0 Å². The standard InChI is InChI=1S/C15H15NO4/c1-9-3-10(2)5-11(4-9)8-20-14(18)7-12-6-13(17)16-15(12)19/h3-6H,7-8H2,1-2H3,(H,16,17,19). The molecule has 5 nitrogen and oxygen atoms in total. The molecular weight excluding hydrogens is 258 g/mol. The van der Waals surface area contributed by atoms with E-state index in [9.17, 15) is 14.4 Å². The van der Waals surface area contributed by atoms with Gasteiger partial charge in [0.15, 0.2) is 0 Å². The summed E-state index contributed by atoms with van der Waals surface area (Å²) in [5.41, 5.74) is 3.23. The van der Waals surface area contributed by atoms with Crippen molar-refractivity contribution in [2.24, 2.45) is 0 Å². The number of nitrogens with one attached hydrogen (secondary N) is 1. The van der Waals surface area contributed by atoms with Crippen LogP contribution in [-0.4, -0.2) is 17.8 Å². The molecule has 0 saturated heterocycles. The molecule has 20 heavy (non-hydrogen) atoms. The maximum absolute atomic E-state index is 11.6. The molecule has 0 unspecified atom stereocenters. The summed E-state index contributed by atoms with van der Waals surface area (Å²) in [5.74, 6) is -1.55. The molecule has 1 aromatic carbocycles. The zero-order valence-electron chi connectivity index (χ0n) is 11.4. The van der Waals surface area contributed by atoms with Gasteiger partial charge in [-0.3, -0.25) is 19.7 Å². The first-order valence-electron chi connectivity index (χ1n) is 6.23. The maximum Gasteiger partial charge on any atom is 0.310 e. The van der Waals surface area contributed by atoms with Crippen LogP contribution in [-0.2, 0) is 25.7 Å². The van der Waals surface area contributed by atoms with E-state index in [2.05, 4.69) is 5.32 Å². The smallest absolute Gasteiger partial charge is 0.310 e. The summed E-state index contributed by atoms with van der Waals surface area (Å²) in [6.45, 7) is 4.10. The normalized spacial score (nSPS) is 14.0. The molecule has 2 rings (SSSR count). The van der Waals surface area contributed by atoms with Gasteiger partial charge in [0.2, 0.25) is 0 Å². The summed E-state index contributed by atoms with van der Waals surface area (Å²) in [7, 11) is 0. The minimum atomic E-state index is -0.529. The molecule has 0 radical (unpaired) electrons. The van der Waals surface area contributed by atoms with Crippen molar-refractivity contribution in [2.45, 2.75) is 26.9 Å². The van der Waals surface area contributed by atoms with Gasteiger partial charge in [0, 0.05) is 11.6 Å². The monoisotopic (exact) mass is 273 g/mol. The molecule has 0 fully saturated rings. The van der Waals surface area contributed by atoms with Crippen molar-refractivity contribution in [3.63, 3.8) is 0 Å². The molecule has 1 aliphatic rings. The Morgan fingerprint density at radius 2 is 1.80 bits per heavy atom. The molecule has 1 aromatic rings. The highest BCUT2D eigenvalue weighted by atomic mass is 16.5. The summed E-state index contributed by atoms with van der Waals surface area (Å²) >= 11 is 0. The van der Waals surface area contributed by atoms with Crippen LogP contribution in [0, 0.1) is 13.8 Å². The number of benzene rings is 1. The summed E-state index contributed by atoms with van der Waals surface area (Å²) in [6.07, 6.45) is 0.933. The van der Waals surface area contributed by atoms with Crippen molar-refractivity contribution in [3.05, 3.63) is 46.5 Å². The van der Waals surface area contributed by atoms with E-state index in [4.69, 9.17) is 4.74 Å². The molecule has 0 atom stereocenters. The molecule has 104 valence electrons. The van der Waals surface area contributed by atoms with Crippen molar-refractivity contribution in [3.8, 4) is 0 Å². The van der Waals surface area contributed by atoms with E-state index in [0.717, 1.165) is 22.8 Å². The van der Waals surface area contributed by atoms with E-state index in [0.29, 0.717) is 0 Å². The third kappa shape index (κ3) is 3.54. The highest BCUT2D eigenvalue weighted by Crippen LogP contribution is 2.12. The number of hydrogen-bond acceptors (Lipinski definition) is 4. The Hall–Kier alpha value is -2.43. The number of ether oxygens (including phenoxy) is 1. The van der Waals surface area contributed by atoms with Gasteiger partial charge in [0.05, 0.1) is 6.42 Å². The van der Waals surface area contributed by atoms with Crippen LogP contribution in [0.3, 0.4) is 0 Å². The Bertz CT molecular complexity index is 596. The quantitative estimate of drug-likeness (QED) is 0.663. The predicted octanol–water partition coefficient (Wildman–Crippen LogP) is 1.32. The van der Waals surface area contributed by atoms with Crippen LogP contribution in [0.1, 0.15) is 23.1 Å². The lowest BCUT2D eigenvalue weighted by atomic mass is 10.1. The first kappa shape index (κ1) is 14.0. The van der Waals surface area contributed by atoms with Crippen LogP contribution in [0.4, 0.5) is 0 Å². The molecule has 0 saturated carbocycles. The average molecular weight is 273 g/mol. The summed E-state index contributed by atoms with van der Waals surface area (Å²) in [6, 6.07) is 5.90. The topological polar surface area (TPSA) is 72.5 Å². The lowest BCUT2D eigenvalue weighted by Gasteiger charge is -2.07. The molecule has 5 heteroatoms. The Morgan fingerprint density at radius 1 is 1.15 bits per heavy atom. The Kier molecular flexibility index (Phi) is 3.98. The Balaban J connectivity index is 1.91. The number of esters is 1. The molecule has 1 heterocycles. The number of rotatable bonds is 4. The molecule has 1 N–H and O–H groups in total. The molecule has 0 spiro atoms. The van der Waals surface area contributed by atoms with Gasteiger partial charge in [-0.2, -0.15) is 0 Å². The minimum absolute atomic E-state index is 0.139. The van der Waals surface area contributed by atoms with E-state index in [-0.39, 0.29) is 18.6 Å². The predicted molar refractivity (Wildman–Crippen MR) is 71.6 cm³/mol. The number of hydrogen-bond donors (Lipinski definition) is 1. The Labute approximate surface area is 116 Å². The molecule has 0 bridgehead atoms. The van der Waals surface area contributed by atoms with E-state index in [1.165, 1.54) is 0 Å². The van der Waals surface area contributed by atoms with E-state index in [1.54, 1.807) is 0 Å². The zero-order valence-corrected chi connectivity index (χ0v) is 11.4. The SMILES string of the molecule is Cc1cc(C)cc(COC(=O)CC2=CC(=O)NC2=O)c1. The van der Waals surface area contributed by atoms with Crippen LogP contribution >= 0.6 is 0 Å². The van der Waals surface area contributed by atoms with Gasteiger partial charge in [-0.25, -0.2) is 0 Å². The summed E-state index contributed by atoms with van der Waals surface area (Å²) in [5, 5.41) is 2.08. The first-order valence-corrected chi connectivity index (χ1v) is 6.23. The van der Waals surface area contributed by atoms with Crippen LogP contribution < -0.4 is 5.32 Å². The van der Waals surface area contributed by atoms with Gasteiger partial charge in [0.25, 0.3) is 11.8 Å². The fourth-order valence-electron chi connectivity index (χ4n) is 2.11. The molecule has 2 amide bonds. The summed E-state index contributed by atoms with van der Waals surface area (Å²) < 4.78 is 5.11. The third-order valence-corrected chi connectivity index (χ3v) is 2.85. The second-order valence-corrected chi connectivity index (χ2v) is 4.82. The fourth-order valence-corrected chi connectivity index (χ4v) is 2.11. The van der Waals surface area contributed by atoms with Crippen molar-refractivity contribution in [2.75, 3.05) is 0 Å². The van der Waals surface area contributed by atoms with E-state index >= 15 is 0 Å². The van der Waals surface area contributed by atoms with Gasteiger partial charge < -0.3 is 4.74 Å². The number of imide groups is 1. The third-order valence-electron chi connectivity index (χ3n) is 2.85. The molecule has 0 aliphatic carbocycles. The van der Waals surface area contributed by atoms with Crippen LogP contribution in [0.2, 0.25) is 0 Å². The highest BCUT2D eigenvalue weighted by Gasteiger charge is 2.23. The van der Waals surface area contributed by atoms with E-state index < -0.39 is 17.8 Å². The van der Waals surface area contributed by atoms with Crippen LogP contribution in [0.15, 0.2) is 29.8 Å². The maximum atomic E-state index is 11.6. The summed E-state index contributed by atoms with van der Waals surface area (Å²) in [4.78, 5) is 33.9. The van der Waals surface area contributed by atoms with Crippen molar-refractivity contribution < 1.29 is 19.1 Å². The second kappa shape index (κ2) is 5.69. The number of amides is 2. The van der Waals surface area contributed by atoms with Crippen molar-refractivity contribution in [1.29, 1.82) is 0 Å². The number of aryl methyl sites for hydroxylation is 2. The van der Waals surface area contributed by atoms with Crippen LogP contribution in [0.5, 0.6) is 0 Å². The average Bonchev–Trinajstić information content (AvgIpc) is 2.64. The van der Waals surface area contributed by atoms with Gasteiger partial charge in [-0.15, -0.1) is 0 Å². The zero-order chi connectivity index (χ0) is 14.7. The molecule has 0 aromatic heterocycles. The van der Waals surface area contributed by atoms with Crippen molar-refractivity contribution >= 4 is 17.8 Å². The first-order chi connectivity index (χ1) is 9.44. The number of carbonyl (C=O) groups is 3. The second-order valence-electron chi connectivity index (χ2n) is 4.82. The van der Waals surface area contributed by atoms with Crippen molar-refractivity contribution in [1.82, 2.24) is 5.32 Å².